The molecule has 1 saturated heterocycles. The zero-order valence-corrected chi connectivity index (χ0v) is 17.7. The third kappa shape index (κ3) is 4.38. The highest BCUT2D eigenvalue weighted by atomic mass is 16.7. The van der Waals surface area contributed by atoms with Crippen molar-refractivity contribution in [1.82, 2.24) is 15.5 Å². The van der Waals surface area contributed by atoms with Crippen molar-refractivity contribution in [2.24, 2.45) is 0 Å². The van der Waals surface area contributed by atoms with Crippen LogP contribution in [0.1, 0.15) is 17.5 Å². The van der Waals surface area contributed by atoms with Crippen LogP contribution in [0.15, 0.2) is 60.7 Å². The van der Waals surface area contributed by atoms with Gasteiger partial charge in [0.15, 0.2) is 11.5 Å². The van der Waals surface area contributed by atoms with E-state index in [9.17, 15) is 9.59 Å². The van der Waals surface area contributed by atoms with Crippen molar-refractivity contribution in [2.75, 3.05) is 19.9 Å². The molecular formula is C25H25N3O4. The molecule has 3 aromatic rings. The van der Waals surface area contributed by atoms with Gasteiger partial charge in [0.2, 0.25) is 18.6 Å². The van der Waals surface area contributed by atoms with E-state index in [1.807, 2.05) is 30.3 Å². The van der Waals surface area contributed by atoms with Gasteiger partial charge in [0, 0.05) is 26.2 Å². The maximum Gasteiger partial charge on any atom is 0.237 e. The number of ether oxygens (including phenoxy) is 2. The van der Waals surface area contributed by atoms with Crippen molar-refractivity contribution in [3.8, 4) is 11.5 Å². The minimum Gasteiger partial charge on any atom is -0.454 e. The predicted octanol–water partition coefficient (Wildman–Crippen LogP) is 2.58. The van der Waals surface area contributed by atoms with Crippen LogP contribution in [-0.4, -0.2) is 42.6 Å². The summed E-state index contributed by atoms with van der Waals surface area (Å²) in [5.41, 5.74) is 2.05. The number of piperazine rings is 1. The molecule has 164 valence electrons. The lowest BCUT2D eigenvalue weighted by Gasteiger charge is -2.34. The molecule has 0 radical (unpaired) electrons. The molecule has 1 atom stereocenters. The van der Waals surface area contributed by atoms with Crippen LogP contribution in [0.2, 0.25) is 0 Å². The van der Waals surface area contributed by atoms with E-state index in [1.54, 1.807) is 0 Å². The molecule has 5 rings (SSSR count). The second kappa shape index (κ2) is 8.88. The Morgan fingerprint density at radius 2 is 1.81 bits per heavy atom. The van der Waals surface area contributed by atoms with Gasteiger partial charge >= 0.3 is 0 Å². The monoisotopic (exact) mass is 431 g/mol. The first-order valence-corrected chi connectivity index (χ1v) is 10.8. The van der Waals surface area contributed by atoms with E-state index in [0.717, 1.165) is 11.1 Å². The molecule has 0 aliphatic carbocycles. The van der Waals surface area contributed by atoms with E-state index >= 15 is 0 Å². The Morgan fingerprint density at radius 1 is 1.00 bits per heavy atom. The van der Waals surface area contributed by atoms with E-state index in [2.05, 4.69) is 45.9 Å². The van der Waals surface area contributed by atoms with Crippen LogP contribution in [0.4, 0.5) is 0 Å². The summed E-state index contributed by atoms with van der Waals surface area (Å²) >= 11 is 0. The molecule has 2 aliphatic heterocycles. The van der Waals surface area contributed by atoms with Crippen molar-refractivity contribution in [3.63, 3.8) is 0 Å². The predicted molar refractivity (Wildman–Crippen MR) is 120 cm³/mol. The Balaban J connectivity index is 1.23. The Labute approximate surface area is 186 Å². The maximum atomic E-state index is 12.7. The minimum absolute atomic E-state index is 0.102. The average molecular weight is 431 g/mol. The SMILES string of the molecule is O=C(C[C@H]1C(=O)NCCN1Cc1ccc2ccccc2c1)NCc1ccc2c(c1)OCO2. The summed E-state index contributed by atoms with van der Waals surface area (Å²) in [6.07, 6.45) is 0.115. The second-order valence-electron chi connectivity index (χ2n) is 8.13. The van der Waals surface area contributed by atoms with E-state index in [4.69, 9.17) is 9.47 Å². The Morgan fingerprint density at radius 3 is 2.72 bits per heavy atom. The van der Waals surface area contributed by atoms with Crippen LogP contribution < -0.4 is 20.1 Å². The maximum absolute atomic E-state index is 12.7. The highest BCUT2D eigenvalue weighted by Gasteiger charge is 2.31. The summed E-state index contributed by atoms with van der Waals surface area (Å²) in [5, 5.41) is 8.18. The van der Waals surface area contributed by atoms with Crippen LogP contribution in [0.3, 0.4) is 0 Å². The number of nitrogens with one attached hydrogen (secondary N) is 2. The molecular weight excluding hydrogens is 406 g/mol. The van der Waals surface area contributed by atoms with Crippen molar-refractivity contribution < 1.29 is 19.1 Å². The molecule has 0 spiro atoms. The third-order valence-corrected chi connectivity index (χ3v) is 5.95. The molecule has 2 heterocycles. The summed E-state index contributed by atoms with van der Waals surface area (Å²) in [6, 6.07) is 19.7. The number of carbonyl (C=O) groups is 2. The van der Waals surface area contributed by atoms with Gasteiger partial charge in [-0.2, -0.15) is 0 Å². The van der Waals surface area contributed by atoms with Crippen molar-refractivity contribution >= 4 is 22.6 Å². The Hall–Kier alpha value is -3.58. The smallest absolute Gasteiger partial charge is 0.237 e. The third-order valence-electron chi connectivity index (χ3n) is 5.95. The van der Waals surface area contributed by atoms with E-state index in [0.29, 0.717) is 37.7 Å². The summed E-state index contributed by atoms with van der Waals surface area (Å²) in [7, 11) is 0. The second-order valence-corrected chi connectivity index (χ2v) is 8.13. The number of carbonyl (C=O) groups excluding carboxylic acids is 2. The molecule has 32 heavy (non-hydrogen) atoms. The molecule has 7 heteroatoms. The molecule has 3 aromatic carbocycles. The minimum atomic E-state index is -0.494. The van der Waals surface area contributed by atoms with E-state index in [1.165, 1.54) is 10.8 Å². The number of rotatable bonds is 6. The van der Waals surface area contributed by atoms with Crippen molar-refractivity contribution in [1.29, 1.82) is 0 Å². The summed E-state index contributed by atoms with van der Waals surface area (Å²) < 4.78 is 10.7. The van der Waals surface area contributed by atoms with Gasteiger partial charge in [-0.25, -0.2) is 0 Å². The zero-order chi connectivity index (χ0) is 21.9. The first kappa shape index (κ1) is 20.3. The number of fused-ring (bicyclic) bond motifs is 2. The molecule has 0 unspecified atom stereocenters. The molecule has 2 aliphatic rings. The lowest BCUT2D eigenvalue weighted by Crippen LogP contribution is -2.56. The highest BCUT2D eigenvalue weighted by Crippen LogP contribution is 2.32. The standard InChI is InChI=1S/C25H25N3O4/c29-24(27-14-17-6-8-22-23(12-17)32-16-31-22)13-21-25(30)26-9-10-28(21)15-18-5-7-19-3-1-2-4-20(19)11-18/h1-8,11-12,21H,9-10,13-16H2,(H,26,30)(H,27,29)/t21-/m0/s1. The summed E-state index contributed by atoms with van der Waals surface area (Å²) in [5.74, 6) is 1.14. The number of hydrogen-bond donors (Lipinski definition) is 2. The van der Waals surface area contributed by atoms with Gasteiger partial charge in [0.25, 0.3) is 0 Å². The largest absolute Gasteiger partial charge is 0.454 e. The molecule has 2 amide bonds. The van der Waals surface area contributed by atoms with Gasteiger partial charge in [0.1, 0.15) is 0 Å². The van der Waals surface area contributed by atoms with Crippen LogP contribution in [0.25, 0.3) is 10.8 Å². The molecule has 0 saturated carbocycles. The fraction of sp³-hybridized carbons (Fsp3) is 0.280. The molecule has 0 bridgehead atoms. The van der Waals surface area contributed by atoms with Gasteiger partial charge in [0.05, 0.1) is 12.5 Å². The van der Waals surface area contributed by atoms with Crippen LogP contribution >= 0.6 is 0 Å². The lowest BCUT2D eigenvalue weighted by molar-refractivity contribution is -0.134. The van der Waals surface area contributed by atoms with Gasteiger partial charge < -0.3 is 20.1 Å². The zero-order valence-electron chi connectivity index (χ0n) is 17.7. The van der Waals surface area contributed by atoms with E-state index < -0.39 is 6.04 Å². The molecule has 2 N–H and O–H groups in total. The fourth-order valence-corrected chi connectivity index (χ4v) is 4.24. The molecule has 7 nitrogen and oxygen atoms in total. The van der Waals surface area contributed by atoms with Crippen LogP contribution in [-0.2, 0) is 22.7 Å². The van der Waals surface area contributed by atoms with Gasteiger partial charge in [-0.3, -0.25) is 14.5 Å². The molecule has 0 aromatic heterocycles. The van der Waals surface area contributed by atoms with E-state index in [-0.39, 0.29) is 25.0 Å². The first-order valence-electron chi connectivity index (χ1n) is 10.8. The fourth-order valence-electron chi connectivity index (χ4n) is 4.24. The van der Waals surface area contributed by atoms with Gasteiger partial charge in [-0.05, 0) is 40.1 Å². The summed E-state index contributed by atoms with van der Waals surface area (Å²) in [4.78, 5) is 27.3. The van der Waals surface area contributed by atoms with Crippen LogP contribution in [0, 0.1) is 0 Å². The first-order chi connectivity index (χ1) is 15.7. The number of benzene rings is 3. The number of nitrogens with zero attached hydrogens (tertiary/aromatic N) is 1. The lowest BCUT2D eigenvalue weighted by atomic mass is 10.0. The highest BCUT2D eigenvalue weighted by molar-refractivity contribution is 5.89. The Kier molecular flexibility index (Phi) is 5.64. The normalized spacial score (nSPS) is 17.9. The Bertz CT molecular complexity index is 1160. The van der Waals surface area contributed by atoms with Crippen molar-refractivity contribution in [3.05, 3.63) is 71.8 Å². The van der Waals surface area contributed by atoms with Crippen molar-refractivity contribution in [2.45, 2.75) is 25.6 Å². The quantitative estimate of drug-likeness (QED) is 0.627. The topological polar surface area (TPSA) is 79.9 Å². The van der Waals surface area contributed by atoms with Gasteiger partial charge in [-0.1, -0.05) is 42.5 Å². The number of amides is 2. The summed E-state index contributed by atoms with van der Waals surface area (Å²) in [6.45, 7) is 2.50. The molecule has 1 fully saturated rings. The average Bonchev–Trinajstić information content (AvgIpc) is 3.28. The number of hydrogen-bond acceptors (Lipinski definition) is 5. The van der Waals surface area contributed by atoms with Crippen LogP contribution in [0.5, 0.6) is 11.5 Å². The van der Waals surface area contributed by atoms with Gasteiger partial charge in [-0.15, -0.1) is 0 Å².